The number of hydrazine groups is 1. The van der Waals surface area contributed by atoms with Crippen LogP contribution in [0.25, 0.3) is 15.8 Å². The van der Waals surface area contributed by atoms with Gasteiger partial charge in [0.25, 0.3) is 17.4 Å². The Morgan fingerprint density at radius 3 is 2.30 bits per heavy atom. The molecule has 8 nitrogen and oxygen atoms in total. The van der Waals surface area contributed by atoms with Crippen LogP contribution in [0.4, 0.5) is 0 Å². The van der Waals surface area contributed by atoms with Gasteiger partial charge in [0.15, 0.2) is 5.69 Å². The lowest BCUT2D eigenvalue weighted by molar-refractivity contribution is 0.0843. The Bertz CT molecular complexity index is 1330. The standard InChI is InChI=1S/C21H19N5O3S/c1-12-13(2)30-21(26-10-6-7-11-26)16(12)18(27)22-23-19(28)17-14-8-4-5-9-15(14)20(29)25(3)24-17/h4-11H,1-3H3,(H,22,27)(H,23,28). The van der Waals surface area contributed by atoms with Crippen molar-refractivity contribution in [2.24, 2.45) is 7.05 Å². The molecular weight excluding hydrogens is 402 g/mol. The van der Waals surface area contributed by atoms with Gasteiger partial charge in [0, 0.05) is 29.7 Å². The first-order chi connectivity index (χ1) is 14.4. The summed E-state index contributed by atoms with van der Waals surface area (Å²) in [6.07, 6.45) is 3.72. The second kappa shape index (κ2) is 7.60. The van der Waals surface area contributed by atoms with Crippen molar-refractivity contribution in [3.63, 3.8) is 0 Å². The average molecular weight is 421 g/mol. The van der Waals surface area contributed by atoms with E-state index in [2.05, 4.69) is 16.0 Å². The maximum absolute atomic E-state index is 12.9. The molecule has 30 heavy (non-hydrogen) atoms. The largest absolute Gasteiger partial charge is 0.315 e. The van der Waals surface area contributed by atoms with Gasteiger partial charge in [-0.1, -0.05) is 18.2 Å². The first kappa shape index (κ1) is 19.6. The minimum Gasteiger partial charge on any atom is -0.315 e. The SMILES string of the molecule is Cc1sc(-n2cccc2)c(C(=O)NNC(=O)c2nn(C)c(=O)c3ccccc23)c1C. The van der Waals surface area contributed by atoms with Gasteiger partial charge in [-0.25, -0.2) is 4.68 Å². The summed E-state index contributed by atoms with van der Waals surface area (Å²) in [6, 6.07) is 10.5. The Labute approximate surface area is 175 Å². The molecule has 152 valence electrons. The summed E-state index contributed by atoms with van der Waals surface area (Å²) in [5.41, 5.74) is 6.00. The minimum absolute atomic E-state index is 0.0526. The number of rotatable bonds is 3. The maximum Gasteiger partial charge on any atom is 0.290 e. The zero-order valence-corrected chi connectivity index (χ0v) is 17.4. The normalized spacial score (nSPS) is 10.9. The summed E-state index contributed by atoms with van der Waals surface area (Å²) in [6.45, 7) is 3.82. The number of benzene rings is 1. The third-order valence-electron chi connectivity index (χ3n) is 4.89. The molecule has 2 amide bonds. The van der Waals surface area contributed by atoms with Crippen LogP contribution in [-0.2, 0) is 7.05 Å². The van der Waals surface area contributed by atoms with Crippen molar-refractivity contribution in [2.45, 2.75) is 13.8 Å². The summed E-state index contributed by atoms with van der Waals surface area (Å²) in [7, 11) is 1.48. The van der Waals surface area contributed by atoms with Crippen LogP contribution in [-0.4, -0.2) is 26.2 Å². The van der Waals surface area contributed by atoms with Crippen molar-refractivity contribution >= 4 is 33.9 Å². The van der Waals surface area contributed by atoms with E-state index in [9.17, 15) is 14.4 Å². The number of hydrogen-bond donors (Lipinski definition) is 2. The Balaban J connectivity index is 1.62. The topological polar surface area (TPSA) is 98.0 Å². The van der Waals surface area contributed by atoms with Gasteiger partial charge >= 0.3 is 0 Å². The predicted molar refractivity (Wildman–Crippen MR) is 115 cm³/mol. The molecule has 0 bridgehead atoms. The third-order valence-corrected chi connectivity index (χ3v) is 6.11. The zero-order valence-electron chi connectivity index (χ0n) is 16.6. The lowest BCUT2D eigenvalue weighted by atomic mass is 10.1. The molecule has 0 aliphatic rings. The highest BCUT2D eigenvalue weighted by molar-refractivity contribution is 7.15. The van der Waals surface area contributed by atoms with Crippen molar-refractivity contribution in [3.05, 3.63) is 80.8 Å². The van der Waals surface area contributed by atoms with Gasteiger partial charge in [-0.15, -0.1) is 11.3 Å². The molecule has 0 aliphatic carbocycles. The van der Waals surface area contributed by atoms with Crippen LogP contribution in [0.15, 0.2) is 53.6 Å². The monoisotopic (exact) mass is 421 g/mol. The Morgan fingerprint density at radius 2 is 1.60 bits per heavy atom. The van der Waals surface area contributed by atoms with Crippen molar-refractivity contribution in [1.29, 1.82) is 0 Å². The predicted octanol–water partition coefficient (Wildman–Crippen LogP) is 2.48. The van der Waals surface area contributed by atoms with Crippen molar-refractivity contribution < 1.29 is 9.59 Å². The van der Waals surface area contributed by atoms with E-state index in [1.165, 1.54) is 18.4 Å². The molecule has 4 rings (SSSR count). The summed E-state index contributed by atoms with van der Waals surface area (Å²) in [5.74, 6) is -1.04. The lowest BCUT2D eigenvalue weighted by Crippen LogP contribution is -2.43. The molecule has 0 aliphatic heterocycles. The number of aryl methyl sites for hydroxylation is 2. The van der Waals surface area contributed by atoms with Crippen molar-refractivity contribution in [1.82, 2.24) is 25.2 Å². The maximum atomic E-state index is 12.9. The lowest BCUT2D eigenvalue weighted by Gasteiger charge is -2.11. The van der Waals surface area contributed by atoms with Gasteiger partial charge in [0.2, 0.25) is 0 Å². The molecule has 0 radical (unpaired) electrons. The molecule has 0 fully saturated rings. The van der Waals surface area contributed by atoms with E-state index in [0.717, 1.165) is 20.1 Å². The molecule has 3 heterocycles. The highest BCUT2D eigenvalue weighted by Crippen LogP contribution is 2.30. The van der Waals surface area contributed by atoms with Gasteiger partial charge in [-0.3, -0.25) is 25.2 Å². The number of fused-ring (bicyclic) bond motifs is 1. The molecule has 9 heteroatoms. The van der Waals surface area contributed by atoms with Crippen LogP contribution in [0.1, 0.15) is 31.3 Å². The summed E-state index contributed by atoms with van der Waals surface area (Å²) < 4.78 is 2.97. The van der Waals surface area contributed by atoms with Crippen LogP contribution >= 0.6 is 11.3 Å². The number of thiophene rings is 1. The first-order valence-electron chi connectivity index (χ1n) is 9.18. The Kier molecular flexibility index (Phi) is 4.96. The van der Waals surface area contributed by atoms with Crippen LogP contribution in [0.2, 0.25) is 0 Å². The van der Waals surface area contributed by atoms with Crippen LogP contribution in [0, 0.1) is 13.8 Å². The fraction of sp³-hybridized carbons (Fsp3) is 0.143. The molecule has 0 spiro atoms. The fourth-order valence-electron chi connectivity index (χ4n) is 3.23. The summed E-state index contributed by atoms with van der Waals surface area (Å²) in [4.78, 5) is 38.9. The second-order valence-corrected chi connectivity index (χ2v) is 7.99. The van der Waals surface area contributed by atoms with Gasteiger partial charge in [-0.2, -0.15) is 5.10 Å². The summed E-state index contributed by atoms with van der Waals surface area (Å²) in [5, 5.41) is 5.64. The van der Waals surface area contributed by atoms with E-state index in [4.69, 9.17) is 0 Å². The van der Waals surface area contributed by atoms with E-state index >= 15 is 0 Å². The van der Waals surface area contributed by atoms with Crippen LogP contribution in [0.3, 0.4) is 0 Å². The number of carbonyl (C=O) groups is 2. The third kappa shape index (κ3) is 3.29. The van der Waals surface area contributed by atoms with E-state index in [1.54, 1.807) is 24.3 Å². The number of amides is 2. The van der Waals surface area contributed by atoms with Crippen LogP contribution in [0.5, 0.6) is 0 Å². The van der Waals surface area contributed by atoms with Crippen LogP contribution < -0.4 is 16.4 Å². The smallest absolute Gasteiger partial charge is 0.290 e. The number of carbonyl (C=O) groups excluding carboxylic acids is 2. The van der Waals surface area contributed by atoms with Gasteiger partial charge in [0.05, 0.1) is 10.9 Å². The quantitative estimate of drug-likeness (QED) is 0.497. The molecule has 0 saturated carbocycles. The van der Waals surface area contributed by atoms with E-state index in [0.29, 0.717) is 16.3 Å². The molecule has 4 aromatic rings. The Morgan fingerprint density at radius 1 is 0.967 bits per heavy atom. The molecule has 0 atom stereocenters. The number of aromatic nitrogens is 3. The molecule has 1 aromatic carbocycles. The summed E-state index contributed by atoms with van der Waals surface area (Å²) >= 11 is 1.50. The molecule has 3 aromatic heterocycles. The highest BCUT2D eigenvalue weighted by atomic mass is 32.1. The van der Waals surface area contributed by atoms with Gasteiger partial charge in [0.1, 0.15) is 5.00 Å². The van der Waals surface area contributed by atoms with Gasteiger partial charge < -0.3 is 4.57 Å². The van der Waals surface area contributed by atoms with E-state index in [-0.39, 0.29) is 11.3 Å². The van der Waals surface area contributed by atoms with Crippen molar-refractivity contribution in [2.75, 3.05) is 0 Å². The zero-order chi connectivity index (χ0) is 21.4. The second-order valence-electron chi connectivity index (χ2n) is 6.78. The average Bonchev–Trinajstić information content (AvgIpc) is 3.37. The number of nitrogens with one attached hydrogen (secondary N) is 2. The Hall–Kier alpha value is -3.72. The first-order valence-corrected chi connectivity index (χ1v) is 10.00. The molecule has 2 N–H and O–H groups in total. The van der Waals surface area contributed by atoms with Crippen molar-refractivity contribution in [3.8, 4) is 5.00 Å². The molecule has 0 saturated heterocycles. The van der Waals surface area contributed by atoms with Gasteiger partial charge in [-0.05, 0) is 37.6 Å². The molecule has 0 unspecified atom stereocenters. The number of hydrogen-bond acceptors (Lipinski definition) is 5. The molecular formula is C21H19N5O3S. The number of nitrogens with zero attached hydrogens (tertiary/aromatic N) is 3. The highest BCUT2D eigenvalue weighted by Gasteiger charge is 2.22. The minimum atomic E-state index is -0.609. The van der Waals surface area contributed by atoms with E-state index in [1.807, 2.05) is 42.9 Å². The fourth-order valence-corrected chi connectivity index (χ4v) is 4.35. The van der Waals surface area contributed by atoms with E-state index < -0.39 is 11.8 Å².